The molecule has 1 nitrogen and oxygen atoms in total. The molecule has 143 valence electrons. The SMILES string of the molecule is CC1(C)C2CCC1(C)C(O[Si](c1ccccc1)c1cccc3ccccc13)C2. The zero-order chi connectivity index (χ0) is 19.4. The van der Waals surface area contributed by atoms with Gasteiger partial charge in [-0.1, -0.05) is 93.6 Å². The number of benzene rings is 3. The van der Waals surface area contributed by atoms with E-state index in [-0.39, 0.29) is 5.41 Å². The summed E-state index contributed by atoms with van der Waals surface area (Å²) in [4.78, 5) is 0. The van der Waals surface area contributed by atoms with Gasteiger partial charge >= 0.3 is 0 Å². The topological polar surface area (TPSA) is 9.23 Å². The first-order valence-corrected chi connectivity index (χ1v) is 12.0. The van der Waals surface area contributed by atoms with E-state index in [2.05, 4.69) is 93.6 Å². The Kier molecular flexibility index (Phi) is 4.26. The quantitative estimate of drug-likeness (QED) is 0.563. The molecule has 2 fully saturated rings. The summed E-state index contributed by atoms with van der Waals surface area (Å²) in [6, 6.07) is 26.4. The Morgan fingerprint density at radius 2 is 1.57 bits per heavy atom. The minimum atomic E-state index is -1.32. The third kappa shape index (κ3) is 2.62. The van der Waals surface area contributed by atoms with E-state index in [0.717, 1.165) is 5.92 Å². The lowest BCUT2D eigenvalue weighted by molar-refractivity contribution is 0.0312. The van der Waals surface area contributed by atoms with Crippen molar-refractivity contribution in [3.8, 4) is 0 Å². The van der Waals surface area contributed by atoms with Crippen LogP contribution in [0.15, 0.2) is 72.8 Å². The standard InChI is InChI=1S/C26H29OSi/c1-25(2)20-16-17-26(25,3)24(18-20)27-28(21-12-5-4-6-13-21)23-15-9-11-19-10-7-8-14-22(19)23/h4-15,20,24H,16-18H2,1-3H3. The van der Waals surface area contributed by atoms with Gasteiger partial charge in [-0.3, -0.25) is 0 Å². The molecular formula is C26H29OSi. The fraction of sp³-hybridized carbons (Fsp3) is 0.385. The lowest BCUT2D eigenvalue weighted by Gasteiger charge is -2.40. The first-order chi connectivity index (χ1) is 13.5. The maximum absolute atomic E-state index is 7.17. The number of rotatable bonds is 4. The van der Waals surface area contributed by atoms with Crippen molar-refractivity contribution in [3.63, 3.8) is 0 Å². The first kappa shape index (κ1) is 18.1. The van der Waals surface area contributed by atoms with Gasteiger partial charge in [-0.15, -0.1) is 0 Å². The van der Waals surface area contributed by atoms with Gasteiger partial charge in [-0.2, -0.15) is 0 Å². The van der Waals surface area contributed by atoms with Crippen molar-refractivity contribution < 1.29 is 4.43 Å². The van der Waals surface area contributed by atoms with Gasteiger partial charge in [-0.25, -0.2) is 0 Å². The average Bonchev–Trinajstić information content (AvgIpc) is 3.06. The van der Waals surface area contributed by atoms with E-state index < -0.39 is 9.04 Å². The number of hydrogen-bond donors (Lipinski definition) is 0. The van der Waals surface area contributed by atoms with Crippen molar-refractivity contribution in [1.82, 2.24) is 0 Å². The highest BCUT2D eigenvalue weighted by Gasteiger charge is 2.62. The second-order valence-electron chi connectivity index (χ2n) is 9.44. The van der Waals surface area contributed by atoms with E-state index in [0.29, 0.717) is 11.5 Å². The molecule has 5 rings (SSSR count). The summed E-state index contributed by atoms with van der Waals surface area (Å²) in [6.07, 6.45) is 4.24. The number of fused-ring (bicyclic) bond motifs is 3. The third-order valence-corrected chi connectivity index (χ3v) is 10.3. The van der Waals surface area contributed by atoms with Crippen molar-refractivity contribution in [2.75, 3.05) is 0 Å². The molecule has 3 unspecified atom stereocenters. The van der Waals surface area contributed by atoms with Crippen molar-refractivity contribution in [1.29, 1.82) is 0 Å². The predicted octanol–water partition coefficient (Wildman–Crippen LogP) is 5.18. The van der Waals surface area contributed by atoms with E-state index in [4.69, 9.17) is 4.43 Å². The van der Waals surface area contributed by atoms with Crippen LogP contribution in [0.5, 0.6) is 0 Å². The molecular weight excluding hydrogens is 356 g/mol. The van der Waals surface area contributed by atoms with Gasteiger partial charge in [0.05, 0.1) is 6.10 Å². The Morgan fingerprint density at radius 3 is 2.29 bits per heavy atom. The van der Waals surface area contributed by atoms with Crippen LogP contribution in [0.25, 0.3) is 10.8 Å². The highest BCUT2D eigenvalue weighted by molar-refractivity contribution is 6.82. The Balaban J connectivity index is 1.59. The second kappa shape index (κ2) is 6.57. The van der Waals surface area contributed by atoms with Gasteiger partial charge in [0.15, 0.2) is 0 Å². The van der Waals surface area contributed by atoms with E-state index in [1.807, 2.05) is 0 Å². The molecule has 2 heteroatoms. The van der Waals surface area contributed by atoms with Crippen LogP contribution < -0.4 is 10.4 Å². The minimum Gasteiger partial charge on any atom is -0.404 e. The molecule has 3 aromatic carbocycles. The van der Waals surface area contributed by atoms with Crippen LogP contribution in [-0.4, -0.2) is 15.1 Å². The van der Waals surface area contributed by atoms with Crippen LogP contribution in [0.1, 0.15) is 40.0 Å². The van der Waals surface area contributed by atoms with Gasteiger partial charge in [0, 0.05) is 0 Å². The summed E-state index contributed by atoms with van der Waals surface area (Å²) < 4.78 is 7.17. The normalized spacial score (nSPS) is 28.3. The molecule has 3 atom stereocenters. The van der Waals surface area contributed by atoms with Crippen LogP contribution in [-0.2, 0) is 4.43 Å². The molecule has 2 saturated carbocycles. The average molecular weight is 386 g/mol. The molecule has 28 heavy (non-hydrogen) atoms. The highest BCUT2D eigenvalue weighted by Crippen LogP contribution is 2.66. The molecule has 2 aliphatic rings. The molecule has 2 aliphatic carbocycles. The fourth-order valence-corrected chi connectivity index (χ4v) is 8.18. The monoisotopic (exact) mass is 385 g/mol. The predicted molar refractivity (Wildman–Crippen MR) is 120 cm³/mol. The van der Waals surface area contributed by atoms with Gasteiger partial charge < -0.3 is 4.43 Å². The summed E-state index contributed by atoms with van der Waals surface area (Å²) in [5, 5.41) is 5.39. The van der Waals surface area contributed by atoms with E-state index in [1.165, 1.54) is 40.4 Å². The van der Waals surface area contributed by atoms with E-state index in [9.17, 15) is 0 Å². The molecule has 3 aromatic rings. The third-order valence-electron chi connectivity index (χ3n) is 8.04. The highest BCUT2D eigenvalue weighted by atomic mass is 28.3. The molecule has 0 amide bonds. The molecule has 1 radical (unpaired) electrons. The van der Waals surface area contributed by atoms with Crippen LogP contribution in [0.3, 0.4) is 0 Å². The van der Waals surface area contributed by atoms with Crippen molar-refractivity contribution >= 4 is 30.2 Å². The Hall–Kier alpha value is -1.90. The molecule has 0 aromatic heterocycles. The van der Waals surface area contributed by atoms with Gasteiger partial charge in [0.1, 0.15) is 0 Å². The lowest BCUT2D eigenvalue weighted by Crippen LogP contribution is -2.51. The second-order valence-corrected chi connectivity index (χ2v) is 11.4. The van der Waals surface area contributed by atoms with E-state index >= 15 is 0 Å². The Morgan fingerprint density at radius 1 is 0.857 bits per heavy atom. The van der Waals surface area contributed by atoms with Crippen LogP contribution >= 0.6 is 0 Å². The minimum absolute atomic E-state index is 0.285. The van der Waals surface area contributed by atoms with Gasteiger partial charge in [-0.05, 0) is 57.2 Å². The van der Waals surface area contributed by atoms with Crippen molar-refractivity contribution in [2.45, 2.75) is 46.1 Å². The maximum Gasteiger partial charge on any atom is 0.283 e. The summed E-state index contributed by atoms with van der Waals surface area (Å²) in [5.41, 5.74) is 0.660. The molecule has 0 aliphatic heterocycles. The molecule has 0 N–H and O–H groups in total. The zero-order valence-corrected chi connectivity index (χ0v) is 18.1. The van der Waals surface area contributed by atoms with Crippen LogP contribution in [0, 0.1) is 16.7 Å². The molecule has 0 heterocycles. The summed E-state index contributed by atoms with van der Waals surface area (Å²) in [5.74, 6) is 0.800. The van der Waals surface area contributed by atoms with Gasteiger partial charge in [0.2, 0.25) is 0 Å². The smallest absolute Gasteiger partial charge is 0.283 e. The largest absolute Gasteiger partial charge is 0.404 e. The number of hydrogen-bond acceptors (Lipinski definition) is 1. The Bertz CT molecular complexity index is 990. The first-order valence-electron chi connectivity index (χ1n) is 10.6. The van der Waals surface area contributed by atoms with Gasteiger partial charge in [0.25, 0.3) is 9.04 Å². The molecule has 2 bridgehead atoms. The summed E-state index contributed by atoms with van der Waals surface area (Å²) in [7, 11) is -1.32. The van der Waals surface area contributed by atoms with Crippen molar-refractivity contribution in [2.24, 2.45) is 16.7 Å². The molecule has 0 saturated heterocycles. The molecule has 0 spiro atoms. The lowest BCUT2D eigenvalue weighted by atomic mass is 9.70. The maximum atomic E-state index is 7.17. The van der Waals surface area contributed by atoms with Crippen LogP contribution in [0.2, 0.25) is 0 Å². The van der Waals surface area contributed by atoms with Crippen molar-refractivity contribution in [3.05, 3.63) is 72.8 Å². The summed E-state index contributed by atoms with van der Waals surface area (Å²) >= 11 is 0. The fourth-order valence-electron chi connectivity index (χ4n) is 5.75. The Labute approximate surface area is 170 Å². The van der Waals surface area contributed by atoms with E-state index in [1.54, 1.807) is 0 Å². The van der Waals surface area contributed by atoms with Crippen LogP contribution in [0.4, 0.5) is 0 Å². The summed E-state index contributed by atoms with van der Waals surface area (Å²) in [6.45, 7) is 7.43. The zero-order valence-electron chi connectivity index (χ0n) is 17.1.